The Morgan fingerprint density at radius 3 is 2.34 bits per heavy atom. The summed E-state index contributed by atoms with van der Waals surface area (Å²) < 4.78 is 33.5. The van der Waals surface area contributed by atoms with Crippen molar-refractivity contribution in [3.63, 3.8) is 0 Å². The number of piperidine rings is 1. The van der Waals surface area contributed by atoms with Crippen molar-refractivity contribution in [1.29, 1.82) is 0 Å². The van der Waals surface area contributed by atoms with Gasteiger partial charge in [0.25, 0.3) is 0 Å². The van der Waals surface area contributed by atoms with Gasteiger partial charge in [-0.05, 0) is 104 Å². The largest absolute Gasteiger partial charge is 0.489 e. The first-order chi connectivity index (χ1) is 19.3. The summed E-state index contributed by atoms with van der Waals surface area (Å²) in [5, 5.41) is 10.1. The number of hydrogen-bond donors (Lipinski definition) is 2. The number of hydrogen-bond acceptors (Lipinski definition) is 9. The summed E-state index contributed by atoms with van der Waals surface area (Å²) in [7, 11) is -1.98. The fourth-order valence-electron chi connectivity index (χ4n) is 5.07. The maximum Gasteiger partial charge on any atom is 0.229 e. The topological polar surface area (TPSA) is 114 Å². The van der Waals surface area contributed by atoms with Gasteiger partial charge in [-0.2, -0.15) is 10.1 Å². The van der Waals surface area contributed by atoms with Crippen LogP contribution in [-0.2, 0) is 16.9 Å². The Bertz CT molecular complexity index is 1480. The number of likely N-dealkylation sites (tertiary alicyclic amines) is 1. The Balaban J connectivity index is 1.63. The molecule has 0 saturated carbocycles. The Labute approximate surface area is 248 Å². The molecule has 224 valence electrons. The first-order valence-electron chi connectivity index (χ1n) is 14.2. The molecule has 1 fully saturated rings. The summed E-state index contributed by atoms with van der Waals surface area (Å²) in [5.41, 5.74) is 3.53. The van der Waals surface area contributed by atoms with E-state index in [0.29, 0.717) is 23.6 Å². The van der Waals surface area contributed by atoms with Crippen molar-refractivity contribution in [3.8, 4) is 5.75 Å². The molecule has 0 bridgehead atoms. The zero-order valence-corrected chi connectivity index (χ0v) is 26.8. The molecule has 12 heteroatoms. The van der Waals surface area contributed by atoms with Crippen molar-refractivity contribution in [2.75, 3.05) is 23.7 Å². The van der Waals surface area contributed by atoms with Crippen molar-refractivity contribution in [1.82, 2.24) is 24.6 Å². The lowest BCUT2D eigenvalue weighted by Crippen LogP contribution is -2.37. The lowest BCUT2D eigenvalue weighted by Gasteiger charge is -2.35. The van der Waals surface area contributed by atoms with E-state index in [9.17, 15) is 8.42 Å². The van der Waals surface area contributed by atoms with E-state index in [1.165, 1.54) is 22.0 Å². The molecule has 0 amide bonds. The van der Waals surface area contributed by atoms with E-state index in [0.717, 1.165) is 37.4 Å². The summed E-state index contributed by atoms with van der Waals surface area (Å²) in [5.74, 6) is 1.76. The molecular formula is C29H42ClN7O3S. The molecular weight excluding hydrogens is 562 g/mol. The van der Waals surface area contributed by atoms with E-state index >= 15 is 0 Å². The minimum Gasteiger partial charge on any atom is -0.489 e. The molecule has 2 aromatic heterocycles. The Hall–Kier alpha value is -2.89. The number of rotatable bonds is 10. The summed E-state index contributed by atoms with van der Waals surface area (Å²) in [6.07, 6.45) is 5.27. The highest BCUT2D eigenvalue weighted by Gasteiger charge is 2.28. The molecule has 1 aliphatic rings. The molecule has 1 aromatic carbocycles. The minimum absolute atomic E-state index is 0.0239. The molecule has 4 rings (SSSR count). The molecule has 2 N–H and O–H groups in total. The number of ether oxygens (including phenoxy) is 1. The van der Waals surface area contributed by atoms with Crippen LogP contribution in [0.1, 0.15) is 71.4 Å². The van der Waals surface area contributed by atoms with Gasteiger partial charge >= 0.3 is 0 Å². The van der Waals surface area contributed by atoms with Crippen LogP contribution in [0.3, 0.4) is 0 Å². The summed E-state index contributed by atoms with van der Waals surface area (Å²) >= 11 is 6.43. The van der Waals surface area contributed by atoms with Gasteiger partial charge in [-0.3, -0.25) is 4.68 Å². The zero-order valence-electron chi connectivity index (χ0n) is 25.2. The SMILES string of the molecule is Cc1cc(Nc2ncc(Cl)c(Nc3cn(C)nc3S(=O)(=O)C(C)C)n2)c(OC(C)C)cc1C1CCN(C(C)C)CC1. The maximum atomic E-state index is 12.9. The van der Waals surface area contributed by atoms with E-state index in [-0.39, 0.29) is 22.0 Å². The molecule has 0 atom stereocenters. The number of aromatic nitrogens is 4. The second-order valence-electron chi connectivity index (χ2n) is 11.5. The van der Waals surface area contributed by atoms with Crippen LogP contribution in [0.4, 0.5) is 23.1 Å². The summed E-state index contributed by atoms with van der Waals surface area (Å²) in [6, 6.07) is 4.80. The van der Waals surface area contributed by atoms with Crippen LogP contribution in [-0.4, -0.2) is 63.6 Å². The third kappa shape index (κ3) is 7.13. The van der Waals surface area contributed by atoms with Crippen molar-refractivity contribution in [2.45, 2.75) is 89.6 Å². The van der Waals surface area contributed by atoms with Crippen molar-refractivity contribution < 1.29 is 13.2 Å². The van der Waals surface area contributed by atoms with Crippen LogP contribution in [0.25, 0.3) is 0 Å². The van der Waals surface area contributed by atoms with Gasteiger partial charge in [0, 0.05) is 19.3 Å². The smallest absolute Gasteiger partial charge is 0.229 e. The fourth-order valence-corrected chi connectivity index (χ4v) is 6.31. The molecule has 41 heavy (non-hydrogen) atoms. The van der Waals surface area contributed by atoms with Crippen LogP contribution in [0, 0.1) is 6.92 Å². The van der Waals surface area contributed by atoms with Gasteiger partial charge < -0.3 is 20.3 Å². The average molecular weight is 604 g/mol. The second-order valence-corrected chi connectivity index (χ2v) is 14.4. The number of anilines is 4. The summed E-state index contributed by atoms with van der Waals surface area (Å²) in [6.45, 7) is 16.1. The van der Waals surface area contributed by atoms with E-state index < -0.39 is 15.1 Å². The molecule has 0 aliphatic carbocycles. The highest BCUT2D eigenvalue weighted by molar-refractivity contribution is 7.92. The van der Waals surface area contributed by atoms with E-state index in [1.807, 2.05) is 13.8 Å². The van der Waals surface area contributed by atoms with Gasteiger partial charge in [-0.15, -0.1) is 0 Å². The van der Waals surface area contributed by atoms with Crippen LogP contribution < -0.4 is 15.4 Å². The summed E-state index contributed by atoms with van der Waals surface area (Å²) in [4.78, 5) is 11.5. The molecule has 1 saturated heterocycles. The molecule has 3 heterocycles. The predicted octanol–water partition coefficient (Wildman–Crippen LogP) is 6.22. The third-order valence-electron chi connectivity index (χ3n) is 7.36. The maximum absolute atomic E-state index is 12.9. The number of sulfone groups is 1. The second kappa shape index (κ2) is 12.5. The first-order valence-corrected chi connectivity index (χ1v) is 16.1. The van der Waals surface area contributed by atoms with E-state index in [4.69, 9.17) is 16.3 Å². The first kappa shape index (κ1) is 31.1. The molecule has 0 unspecified atom stereocenters. The van der Waals surface area contributed by atoms with Crippen molar-refractivity contribution in [3.05, 3.63) is 40.7 Å². The lowest BCUT2D eigenvalue weighted by molar-refractivity contribution is 0.171. The van der Waals surface area contributed by atoms with Crippen LogP contribution in [0.2, 0.25) is 5.02 Å². The number of nitrogens with zero attached hydrogens (tertiary/aromatic N) is 5. The molecule has 0 radical (unpaired) electrons. The minimum atomic E-state index is -3.64. The Morgan fingerprint density at radius 1 is 1.05 bits per heavy atom. The van der Waals surface area contributed by atoms with Crippen LogP contribution in [0.15, 0.2) is 29.6 Å². The average Bonchev–Trinajstić information content (AvgIpc) is 3.28. The molecule has 3 aromatic rings. The highest BCUT2D eigenvalue weighted by Crippen LogP contribution is 2.38. The predicted molar refractivity (Wildman–Crippen MR) is 165 cm³/mol. The monoisotopic (exact) mass is 603 g/mol. The van der Waals surface area contributed by atoms with E-state index in [1.54, 1.807) is 27.1 Å². The van der Waals surface area contributed by atoms with Gasteiger partial charge in [0.1, 0.15) is 10.8 Å². The van der Waals surface area contributed by atoms with Gasteiger partial charge in [-0.1, -0.05) is 11.6 Å². The zero-order chi connectivity index (χ0) is 30.1. The lowest BCUT2D eigenvalue weighted by atomic mass is 9.86. The molecule has 1 aliphatic heterocycles. The van der Waals surface area contributed by atoms with Gasteiger partial charge in [0.2, 0.25) is 20.8 Å². The normalized spacial score (nSPS) is 15.2. The highest BCUT2D eigenvalue weighted by atomic mass is 35.5. The number of benzene rings is 1. The van der Waals surface area contributed by atoms with E-state index in [2.05, 4.69) is 63.5 Å². The van der Waals surface area contributed by atoms with Crippen molar-refractivity contribution in [2.24, 2.45) is 7.05 Å². The van der Waals surface area contributed by atoms with Crippen LogP contribution >= 0.6 is 11.6 Å². The number of nitrogens with one attached hydrogen (secondary N) is 2. The van der Waals surface area contributed by atoms with Gasteiger partial charge in [0.15, 0.2) is 5.82 Å². The fraction of sp³-hybridized carbons (Fsp3) is 0.552. The Kier molecular flexibility index (Phi) is 9.50. The molecule has 10 nitrogen and oxygen atoms in total. The number of aryl methyl sites for hydroxylation is 2. The quantitative estimate of drug-likeness (QED) is 0.279. The van der Waals surface area contributed by atoms with Crippen molar-refractivity contribution >= 4 is 44.6 Å². The Morgan fingerprint density at radius 2 is 1.73 bits per heavy atom. The van der Waals surface area contributed by atoms with Gasteiger partial charge in [0.05, 0.1) is 28.9 Å². The standard InChI is InChI=1S/C29H42ClN7O3S/c1-17(2)37-11-9-21(10-12-37)22-14-26(40-18(3)4)24(13-20(22)7)33-29-31-15-23(30)27(34-29)32-25-16-36(8)35-28(25)41(38,39)19(5)6/h13-19,21H,9-12H2,1-8H3,(H2,31,32,33,34). The van der Waals surface area contributed by atoms with Crippen LogP contribution in [0.5, 0.6) is 5.75 Å². The number of halogens is 1. The third-order valence-corrected chi connectivity index (χ3v) is 9.72. The molecule has 0 spiro atoms. The van der Waals surface area contributed by atoms with Gasteiger partial charge in [-0.25, -0.2) is 13.4 Å².